The Bertz CT molecular complexity index is 159. The summed E-state index contributed by atoms with van der Waals surface area (Å²) in [6.07, 6.45) is 0.764. The molecule has 3 nitrogen and oxygen atoms in total. The average Bonchev–Trinajstić information content (AvgIpc) is 2.01. The number of carbonyl (C=O) groups excluding carboxylic acids is 2. The van der Waals surface area contributed by atoms with Gasteiger partial charge < -0.3 is 4.74 Å². The molecule has 0 atom stereocenters. The molecule has 0 radical (unpaired) electrons. The van der Waals surface area contributed by atoms with Gasteiger partial charge in [-0.05, 0) is 6.42 Å². The number of alkyl halides is 2. The summed E-state index contributed by atoms with van der Waals surface area (Å²) >= 11 is 10.6. The van der Waals surface area contributed by atoms with E-state index in [9.17, 15) is 9.59 Å². The Morgan fingerprint density at radius 2 is 1.58 bits per heavy atom. The second-order valence-electron chi connectivity index (χ2n) is 2.08. The minimum atomic E-state index is -0.579. The van der Waals surface area contributed by atoms with E-state index in [-0.39, 0.29) is 18.7 Å². The number of rotatable bonds is 5. The number of hydrogen-bond donors (Lipinski definition) is 0. The van der Waals surface area contributed by atoms with Gasteiger partial charge in [-0.25, -0.2) is 0 Å². The molecular weight excluding hydrogens is 203 g/mol. The van der Waals surface area contributed by atoms with Crippen LogP contribution in [0.3, 0.4) is 0 Å². The summed E-state index contributed by atoms with van der Waals surface area (Å²) in [5.41, 5.74) is 0. The van der Waals surface area contributed by atoms with Crippen LogP contribution in [0, 0.1) is 0 Å². The number of carbonyl (C=O) groups is 2. The predicted octanol–water partition coefficient (Wildman–Crippen LogP) is 1.70. The molecule has 0 heterocycles. The Hall–Kier alpha value is -0.280. The molecule has 0 fully saturated rings. The van der Waals surface area contributed by atoms with Crippen molar-refractivity contribution in [3.8, 4) is 0 Å². The van der Waals surface area contributed by atoms with Crippen molar-refractivity contribution in [3.63, 3.8) is 0 Å². The number of hydrogen-bond acceptors (Lipinski definition) is 3. The van der Waals surface area contributed by atoms with Gasteiger partial charge in [0.1, 0.15) is 0 Å². The molecule has 0 aromatic carbocycles. The van der Waals surface area contributed by atoms with Crippen molar-refractivity contribution in [1.82, 2.24) is 0 Å². The lowest BCUT2D eigenvalue weighted by Crippen LogP contribution is -2.12. The highest BCUT2D eigenvalue weighted by Crippen LogP contribution is 1.97. The highest BCUT2D eigenvalue weighted by atomic mass is 35.5. The maximum atomic E-state index is 10.7. The molecular formula is C7H10Cl2O3. The molecule has 0 aliphatic rings. The molecule has 0 aliphatic carbocycles. The molecule has 0 aromatic rings. The van der Waals surface area contributed by atoms with Crippen molar-refractivity contribution in [3.05, 3.63) is 0 Å². The Balaban J connectivity index is 3.47. The molecule has 0 unspecified atom stereocenters. The maximum Gasteiger partial charge on any atom is 0.314 e. The zero-order chi connectivity index (χ0) is 9.40. The van der Waals surface area contributed by atoms with Crippen molar-refractivity contribution < 1.29 is 14.3 Å². The summed E-state index contributed by atoms with van der Waals surface area (Å²) in [6, 6.07) is 0. The first-order valence-electron chi connectivity index (χ1n) is 3.56. The van der Waals surface area contributed by atoms with Crippen LogP contribution >= 0.6 is 23.2 Å². The third-order valence-electron chi connectivity index (χ3n) is 1.04. The van der Waals surface area contributed by atoms with Crippen LogP contribution < -0.4 is 0 Å². The van der Waals surface area contributed by atoms with E-state index < -0.39 is 11.9 Å². The quantitative estimate of drug-likeness (QED) is 0.396. The Morgan fingerprint density at radius 3 is 2.08 bits per heavy atom. The number of ether oxygens (including phenoxy) is 1. The number of esters is 2. The molecule has 0 aliphatic heterocycles. The zero-order valence-corrected chi connectivity index (χ0v) is 8.03. The van der Waals surface area contributed by atoms with Crippen LogP contribution in [-0.4, -0.2) is 23.7 Å². The van der Waals surface area contributed by atoms with Crippen molar-refractivity contribution in [2.45, 2.75) is 19.3 Å². The van der Waals surface area contributed by atoms with Gasteiger partial charge in [0, 0.05) is 18.2 Å². The standard InChI is InChI=1S/C7H10Cl2O3/c8-4-1-2-6(10)12-7(11)3-5-9/h1-5H2. The minimum Gasteiger partial charge on any atom is -0.393 e. The Labute approximate surface area is 81.0 Å². The second kappa shape index (κ2) is 7.37. The molecule has 12 heavy (non-hydrogen) atoms. The van der Waals surface area contributed by atoms with Crippen LogP contribution in [0.2, 0.25) is 0 Å². The van der Waals surface area contributed by atoms with Gasteiger partial charge in [0.25, 0.3) is 0 Å². The lowest BCUT2D eigenvalue weighted by Gasteiger charge is -1.99. The van der Waals surface area contributed by atoms with Crippen molar-refractivity contribution in [1.29, 1.82) is 0 Å². The highest BCUT2D eigenvalue weighted by molar-refractivity contribution is 6.19. The number of halogens is 2. The van der Waals surface area contributed by atoms with E-state index in [1.54, 1.807) is 0 Å². The average molecular weight is 213 g/mol. The first-order chi connectivity index (χ1) is 5.70. The van der Waals surface area contributed by atoms with Gasteiger partial charge in [0.2, 0.25) is 0 Å². The minimum absolute atomic E-state index is 0.0637. The Kier molecular flexibility index (Phi) is 7.20. The summed E-state index contributed by atoms with van der Waals surface area (Å²) in [6.45, 7) is 0. The fourth-order valence-electron chi connectivity index (χ4n) is 0.517. The van der Waals surface area contributed by atoms with Crippen LogP contribution in [-0.2, 0) is 14.3 Å². The van der Waals surface area contributed by atoms with Crippen LogP contribution in [0.15, 0.2) is 0 Å². The molecule has 0 N–H and O–H groups in total. The van der Waals surface area contributed by atoms with Gasteiger partial charge in [0.15, 0.2) is 0 Å². The molecule has 70 valence electrons. The molecule has 0 bridgehead atoms. The van der Waals surface area contributed by atoms with Crippen LogP contribution in [0.1, 0.15) is 19.3 Å². The van der Waals surface area contributed by atoms with E-state index in [4.69, 9.17) is 23.2 Å². The van der Waals surface area contributed by atoms with E-state index in [1.807, 2.05) is 0 Å². The van der Waals surface area contributed by atoms with Crippen LogP contribution in [0.5, 0.6) is 0 Å². The topological polar surface area (TPSA) is 43.4 Å². The molecule has 0 spiro atoms. The normalized spacial score (nSPS) is 9.50. The van der Waals surface area contributed by atoms with E-state index in [0.717, 1.165) is 0 Å². The first-order valence-corrected chi connectivity index (χ1v) is 4.63. The van der Waals surface area contributed by atoms with Gasteiger partial charge in [-0.3, -0.25) is 9.59 Å². The summed E-state index contributed by atoms with van der Waals surface area (Å²) in [5.74, 6) is -0.559. The molecule has 0 saturated carbocycles. The van der Waals surface area contributed by atoms with Gasteiger partial charge in [-0.15, -0.1) is 23.2 Å². The van der Waals surface area contributed by atoms with Crippen molar-refractivity contribution in [2.24, 2.45) is 0 Å². The highest BCUT2D eigenvalue weighted by Gasteiger charge is 2.08. The van der Waals surface area contributed by atoms with E-state index in [0.29, 0.717) is 12.3 Å². The Morgan fingerprint density at radius 1 is 1.00 bits per heavy atom. The summed E-state index contributed by atoms with van der Waals surface area (Å²) < 4.78 is 4.37. The lowest BCUT2D eigenvalue weighted by atomic mass is 10.3. The van der Waals surface area contributed by atoms with E-state index >= 15 is 0 Å². The third kappa shape index (κ3) is 6.43. The molecule has 0 rings (SSSR count). The predicted molar refractivity (Wildman–Crippen MR) is 46.4 cm³/mol. The molecule has 0 amide bonds. The molecule has 0 aromatic heterocycles. The molecule has 5 heteroatoms. The monoisotopic (exact) mass is 212 g/mol. The fraction of sp³-hybridized carbons (Fsp3) is 0.714. The first kappa shape index (κ1) is 11.7. The zero-order valence-electron chi connectivity index (χ0n) is 6.52. The van der Waals surface area contributed by atoms with Gasteiger partial charge in [-0.1, -0.05) is 0 Å². The van der Waals surface area contributed by atoms with Crippen molar-refractivity contribution in [2.75, 3.05) is 11.8 Å². The molecule has 0 saturated heterocycles. The third-order valence-corrected chi connectivity index (χ3v) is 1.50. The van der Waals surface area contributed by atoms with Gasteiger partial charge in [-0.2, -0.15) is 0 Å². The second-order valence-corrected chi connectivity index (χ2v) is 2.83. The van der Waals surface area contributed by atoms with Crippen LogP contribution in [0.4, 0.5) is 0 Å². The van der Waals surface area contributed by atoms with Crippen molar-refractivity contribution >= 4 is 35.1 Å². The largest absolute Gasteiger partial charge is 0.393 e. The summed E-state index contributed by atoms with van der Waals surface area (Å²) in [7, 11) is 0. The van der Waals surface area contributed by atoms with Gasteiger partial charge >= 0.3 is 11.9 Å². The van der Waals surface area contributed by atoms with E-state index in [1.165, 1.54) is 0 Å². The van der Waals surface area contributed by atoms with Gasteiger partial charge in [0.05, 0.1) is 6.42 Å². The lowest BCUT2D eigenvalue weighted by molar-refractivity contribution is -0.159. The maximum absolute atomic E-state index is 10.7. The summed E-state index contributed by atoms with van der Waals surface area (Å²) in [4.78, 5) is 21.4. The summed E-state index contributed by atoms with van der Waals surface area (Å²) in [5, 5.41) is 0. The smallest absolute Gasteiger partial charge is 0.314 e. The fourth-order valence-corrected chi connectivity index (χ4v) is 0.805. The van der Waals surface area contributed by atoms with E-state index in [2.05, 4.69) is 4.74 Å². The van der Waals surface area contributed by atoms with Crippen LogP contribution in [0.25, 0.3) is 0 Å². The SMILES string of the molecule is O=C(CCCl)OC(=O)CCCCl.